The molecule has 17 heavy (non-hydrogen) atoms. The standard InChI is InChI=1S/C11H8BrClN2O2/c1-6-4-10(17-15-6)11(16)14-9-5-7(13)2-3-8(9)12/h2-5H,1H3,(H,14,16). The van der Waals surface area contributed by atoms with Gasteiger partial charge in [0.1, 0.15) is 0 Å². The summed E-state index contributed by atoms with van der Waals surface area (Å²) in [5.74, 6) is -0.206. The fourth-order valence-electron chi connectivity index (χ4n) is 1.25. The predicted octanol–water partition coefficient (Wildman–Crippen LogP) is 3.65. The van der Waals surface area contributed by atoms with E-state index in [4.69, 9.17) is 16.1 Å². The van der Waals surface area contributed by atoms with E-state index < -0.39 is 0 Å². The van der Waals surface area contributed by atoms with E-state index in [-0.39, 0.29) is 11.7 Å². The number of hydrogen-bond donors (Lipinski definition) is 1. The first kappa shape index (κ1) is 12.1. The van der Waals surface area contributed by atoms with Gasteiger partial charge >= 0.3 is 0 Å². The SMILES string of the molecule is Cc1cc(C(=O)Nc2cc(Cl)ccc2Br)on1. The second-order valence-corrected chi connectivity index (χ2v) is 4.70. The number of nitrogens with one attached hydrogen (secondary N) is 1. The number of carbonyl (C=O) groups is 1. The van der Waals surface area contributed by atoms with Gasteiger partial charge in [0.25, 0.3) is 5.91 Å². The lowest BCUT2D eigenvalue weighted by atomic mass is 10.3. The number of amides is 1. The molecule has 0 aliphatic carbocycles. The van der Waals surface area contributed by atoms with Gasteiger partial charge in [0.05, 0.1) is 11.4 Å². The van der Waals surface area contributed by atoms with E-state index in [1.54, 1.807) is 31.2 Å². The van der Waals surface area contributed by atoms with Gasteiger partial charge in [0, 0.05) is 15.6 Å². The Hall–Kier alpha value is -1.33. The molecule has 0 radical (unpaired) electrons. The van der Waals surface area contributed by atoms with Crippen molar-refractivity contribution in [2.75, 3.05) is 5.32 Å². The first-order valence-electron chi connectivity index (χ1n) is 4.76. The Morgan fingerprint density at radius 1 is 1.47 bits per heavy atom. The predicted molar refractivity (Wildman–Crippen MR) is 68.3 cm³/mol. The summed E-state index contributed by atoms with van der Waals surface area (Å²) >= 11 is 9.16. The average molecular weight is 316 g/mol. The molecule has 2 aromatic rings. The second-order valence-electron chi connectivity index (χ2n) is 3.41. The van der Waals surface area contributed by atoms with Crippen molar-refractivity contribution in [2.24, 2.45) is 0 Å². The Morgan fingerprint density at radius 3 is 2.88 bits per heavy atom. The van der Waals surface area contributed by atoms with Crippen LogP contribution in [0.15, 0.2) is 33.3 Å². The molecule has 0 bridgehead atoms. The van der Waals surface area contributed by atoms with Crippen molar-refractivity contribution in [2.45, 2.75) is 6.92 Å². The van der Waals surface area contributed by atoms with Crippen molar-refractivity contribution < 1.29 is 9.32 Å². The zero-order chi connectivity index (χ0) is 12.4. The highest BCUT2D eigenvalue weighted by Gasteiger charge is 2.13. The maximum atomic E-state index is 11.8. The minimum absolute atomic E-state index is 0.161. The van der Waals surface area contributed by atoms with Gasteiger partial charge in [-0.1, -0.05) is 16.8 Å². The third-order valence-electron chi connectivity index (χ3n) is 2.03. The summed E-state index contributed by atoms with van der Waals surface area (Å²) in [6.45, 7) is 1.75. The number of halogens is 2. The molecule has 0 saturated heterocycles. The molecular weight excluding hydrogens is 307 g/mol. The fourth-order valence-corrected chi connectivity index (χ4v) is 1.77. The summed E-state index contributed by atoms with van der Waals surface area (Å²) < 4.78 is 5.60. The van der Waals surface area contributed by atoms with Crippen molar-refractivity contribution >= 4 is 39.1 Å². The van der Waals surface area contributed by atoms with Gasteiger partial charge in [-0.2, -0.15) is 0 Å². The quantitative estimate of drug-likeness (QED) is 0.920. The van der Waals surface area contributed by atoms with Gasteiger partial charge in [0.15, 0.2) is 0 Å². The minimum atomic E-state index is -0.367. The molecule has 1 heterocycles. The van der Waals surface area contributed by atoms with Crippen LogP contribution in [0.1, 0.15) is 16.2 Å². The number of nitrogens with zero attached hydrogens (tertiary/aromatic N) is 1. The molecule has 0 aliphatic rings. The number of benzene rings is 1. The van der Waals surface area contributed by atoms with E-state index in [1.807, 2.05) is 0 Å². The van der Waals surface area contributed by atoms with Crippen LogP contribution in [0.2, 0.25) is 5.02 Å². The first-order chi connectivity index (χ1) is 8.06. The van der Waals surface area contributed by atoms with Gasteiger partial charge in [-0.05, 0) is 41.1 Å². The number of aromatic nitrogens is 1. The normalized spacial score (nSPS) is 10.3. The van der Waals surface area contributed by atoms with Crippen LogP contribution in [-0.2, 0) is 0 Å². The number of aryl methyl sites for hydroxylation is 1. The minimum Gasteiger partial charge on any atom is -0.351 e. The van der Waals surface area contributed by atoms with E-state index in [0.29, 0.717) is 16.4 Å². The van der Waals surface area contributed by atoms with Gasteiger partial charge in [-0.3, -0.25) is 4.79 Å². The van der Waals surface area contributed by atoms with E-state index in [2.05, 4.69) is 26.4 Å². The molecule has 6 heteroatoms. The van der Waals surface area contributed by atoms with Crippen LogP contribution < -0.4 is 5.32 Å². The molecule has 2 rings (SSSR count). The van der Waals surface area contributed by atoms with Crippen molar-refractivity contribution in [1.29, 1.82) is 0 Å². The maximum Gasteiger partial charge on any atom is 0.294 e. The molecular formula is C11H8BrClN2O2. The van der Waals surface area contributed by atoms with Gasteiger partial charge in [0.2, 0.25) is 5.76 Å². The van der Waals surface area contributed by atoms with Crippen LogP contribution in [0.4, 0.5) is 5.69 Å². The largest absolute Gasteiger partial charge is 0.351 e. The Morgan fingerprint density at radius 2 is 2.24 bits per heavy atom. The van der Waals surface area contributed by atoms with Crippen LogP contribution in [0, 0.1) is 6.92 Å². The summed E-state index contributed by atoms with van der Waals surface area (Å²) in [5.41, 5.74) is 1.23. The fraction of sp³-hybridized carbons (Fsp3) is 0.0909. The monoisotopic (exact) mass is 314 g/mol. The summed E-state index contributed by atoms with van der Waals surface area (Å²) in [4.78, 5) is 11.8. The molecule has 1 amide bonds. The van der Waals surface area contributed by atoms with Crippen LogP contribution >= 0.6 is 27.5 Å². The summed E-state index contributed by atoms with van der Waals surface area (Å²) in [5, 5.41) is 6.86. The summed E-state index contributed by atoms with van der Waals surface area (Å²) in [7, 11) is 0. The molecule has 1 N–H and O–H groups in total. The molecule has 0 saturated carbocycles. The van der Waals surface area contributed by atoms with E-state index in [9.17, 15) is 4.79 Å². The number of rotatable bonds is 2. The highest BCUT2D eigenvalue weighted by atomic mass is 79.9. The lowest BCUT2D eigenvalue weighted by molar-refractivity contribution is 0.0988. The molecule has 88 valence electrons. The molecule has 0 aliphatic heterocycles. The first-order valence-corrected chi connectivity index (χ1v) is 5.93. The van der Waals surface area contributed by atoms with Crippen LogP contribution in [0.5, 0.6) is 0 Å². The second kappa shape index (κ2) is 4.89. The van der Waals surface area contributed by atoms with Crippen molar-refractivity contribution in [3.63, 3.8) is 0 Å². The number of anilines is 1. The summed E-state index contributed by atoms with van der Waals surface area (Å²) in [6.07, 6.45) is 0. The highest BCUT2D eigenvalue weighted by molar-refractivity contribution is 9.10. The zero-order valence-electron chi connectivity index (χ0n) is 8.83. The molecule has 4 nitrogen and oxygen atoms in total. The highest BCUT2D eigenvalue weighted by Crippen LogP contribution is 2.26. The molecule has 0 atom stereocenters. The maximum absolute atomic E-state index is 11.8. The summed E-state index contributed by atoms with van der Waals surface area (Å²) in [6, 6.07) is 6.68. The molecule has 0 fully saturated rings. The van der Waals surface area contributed by atoms with Crippen LogP contribution in [-0.4, -0.2) is 11.1 Å². The zero-order valence-corrected chi connectivity index (χ0v) is 11.2. The lowest BCUT2D eigenvalue weighted by Crippen LogP contribution is -2.11. The van der Waals surface area contributed by atoms with Gasteiger partial charge in [-0.15, -0.1) is 0 Å². The van der Waals surface area contributed by atoms with Crippen molar-refractivity contribution in [3.8, 4) is 0 Å². The topological polar surface area (TPSA) is 55.1 Å². The van der Waals surface area contributed by atoms with Crippen LogP contribution in [0.3, 0.4) is 0 Å². The molecule has 1 aromatic carbocycles. The van der Waals surface area contributed by atoms with Gasteiger partial charge in [-0.25, -0.2) is 0 Å². The Balaban J connectivity index is 2.21. The lowest BCUT2D eigenvalue weighted by Gasteiger charge is -2.05. The van der Waals surface area contributed by atoms with Crippen molar-refractivity contribution in [1.82, 2.24) is 5.16 Å². The molecule has 0 unspecified atom stereocenters. The van der Waals surface area contributed by atoms with Gasteiger partial charge < -0.3 is 9.84 Å². The van der Waals surface area contributed by atoms with E-state index in [0.717, 1.165) is 4.47 Å². The van der Waals surface area contributed by atoms with Crippen molar-refractivity contribution in [3.05, 3.63) is 45.2 Å². The average Bonchev–Trinajstić information content (AvgIpc) is 2.70. The Kier molecular flexibility index (Phi) is 3.49. The van der Waals surface area contributed by atoms with E-state index >= 15 is 0 Å². The third-order valence-corrected chi connectivity index (χ3v) is 2.95. The number of hydrogen-bond acceptors (Lipinski definition) is 3. The molecule has 0 spiro atoms. The van der Waals surface area contributed by atoms with E-state index in [1.165, 1.54) is 0 Å². The Bertz CT molecular complexity index is 568. The van der Waals surface area contributed by atoms with Crippen LogP contribution in [0.25, 0.3) is 0 Å². The number of carbonyl (C=O) groups excluding carboxylic acids is 1. The smallest absolute Gasteiger partial charge is 0.294 e. The Labute approximate surface area is 111 Å². The molecule has 1 aromatic heterocycles. The third kappa shape index (κ3) is 2.87.